The first-order valence-corrected chi connectivity index (χ1v) is 9.70. The van der Waals surface area contributed by atoms with Crippen LogP contribution in [0.25, 0.3) is 5.95 Å². The van der Waals surface area contributed by atoms with Crippen LogP contribution in [-0.2, 0) is 4.79 Å². The Labute approximate surface area is 190 Å². The van der Waals surface area contributed by atoms with Crippen LogP contribution >= 0.6 is 0 Å². The van der Waals surface area contributed by atoms with Crippen molar-refractivity contribution >= 4 is 23.3 Å². The van der Waals surface area contributed by atoms with E-state index >= 15 is 0 Å². The van der Waals surface area contributed by atoms with Gasteiger partial charge in [-0.15, -0.1) is 0 Å². The highest BCUT2D eigenvalue weighted by molar-refractivity contribution is 5.98. The number of benzene rings is 2. The van der Waals surface area contributed by atoms with Gasteiger partial charge in [0.2, 0.25) is 5.88 Å². The first kappa shape index (κ1) is 22.5. The quantitative estimate of drug-likeness (QED) is 0.341. The van der Waals surface area contributed by atoms with Gasteiger partial charge in [-0.1, -0.05) is 36.4 Å². The van der Waals surface area contributed by atoms with Crippen LogP contribution in [0.1, 0.15) is 10.4 Å². The summed E-state index contributed by atoms with van der Waals surface area (Å²) in [5.41, 5.74) is 3.22. The van der Waals surface area contributed by atoms with Gasteiger partial charge in [0, 0.05) is 18.6 Å². The number of nitrogens with zero attached hydrogens (tertiary/aromatic N) is 5. The fourth-order valence-electron chi connectivity index (χ4n) is 2.83. The van der Waals surface area contributed by atoms with Crippen molar-refractivity contribution in [2.75, 3.05) is 5.01 Å². The van der Waals surface area contributed by atoms with Crippen molar-refractivity contribution in [3.05, 3.63) is 90.9 Å². The van der Waals surface area contributed by atoms with Gasteiger partial charge >= 0.3 is 12.1 Å². The third kappa shape index (κ3) is 5.01. The third-order valence-corrected chi connectivity index (χ3v) is 4.36. The zero-order valence-corrected chi connectivity index (χ0v) is 17.2. The Morgan fingerprint density at radius 3 is 2.09 bits per heavy atom. The van der Waals surface area contributed by atoms with E-state index in [0.717, 1.165) is 10.9 Å². The summed E-state index contributed by atoms with van der Waals surface area (Å²) in [7, 11) is 0. The molecule has 4 rings (SSSR count). The van der Waals surface area contributed by atoms with Crippen molar-refractivity contribution in [3.63, 3.8) is 0 Å². The first-order chi connectivity index (χ1) is 16.3. The molecule has 0 aliphatic rings. The van der Waals surface area contributed by atoms with E-state index in [0.29, 0.717) is 11.4 Å². The number of ether oxygens (including phenoxy) is 1. The van der Waals surface area contributed by atoms with Crippen molar-refractivity contribution in [1.82, 2.24) is 25.2 Å². The van der Waals surface area contributed by atoms with Crippen molar-refractivity contribution in [1.29, 1.82) is 0 Å². The average Bonchev–Trinajstić information content (AvgIpc) is 3.38. The van der Waals surface area contributed by atoms with Crippen molar-refractivity contribution in [2.45, 2.75) is 6.18 Å². The molecule has 172 valence electrons. The minimum Gasteiger partial charge on any atom is -0.400 e. The number of nitrogens with one attached hydrogen (secondary N) is 1. The zero-order valence-electron chi connectivity index (χ0n) is 17.2. The molecule has 2 aromatic carbocycles. The molecule has 2 aromatic heterocycles. The lowest BCUT2D eigenvalue weighted by atomic mass is 10.2. The van der Waals surface area contributed by atoms with Gasteiger partial charge in [0.05, 0.1) is 11.4 Å². The number of hydrazine groups is 1. The van der Waals surface area contributed by atoms with Crippen LogP contribution in [0.15, 0.2) is 85.3 Å². The smallest absolute Gasteiger partial charge is 0.400 e. The molecule has 0 radical (unpaired) electrons. The minimum absolute atomic E-state index is 0.200. The maximum Gasteiger partial charge on any atom is 0.491 e. The highest BCUT2D eigenvalue weighted by Crippen LogP contribution is 2.25. The Hall–Kier alpha value is -4.74. The number of para-hydroxylation sites is 2. The van der Waals surface area contributed by atoms with Crippen molar-refractivity contribution < 1.29 is 27.5 Å². The lowest BCUT2D eigenvalue weighted by Crippen LogP contribution is -2.39. The molecule has 0 bridgehead atoms. The summed E-state index contributed by atoms with van der Waals surface area (Å²) < 4.78 is 44.1. The molecule has 9 nitrogen and oxygen atoms in total. The van der Waals surface area contributed by atoms with Gasteiger partial charge in [-0.2, -0.15) is 23.3 Å². The first-order valence-electron chi connectivity index (χ1n) is 9.70. The molecular formula is C22H15F3N6O3. The van der Waals surface area contributed by atoms with Gasteiger partial charge in [0.15, 0.2) is 0 Å². The molecule has 0 spiro atoms. The summed E-state index contributed by atoms with van der Waals surface area (Å²) in [6.45, 7) is 0. The number of amides is 1. The number of halogens is 3. The van der Waals surface area contributed by atoms with Crippen LogP contribution < -0.4 is 15.2 Å². The molecule has 0 fully saturated rings. The van der Waals surface area contributed by atoms with Crippen LogP contribution in [-0.4, -0.2) is 37.8 Å². The Kier molecular flexibility index (Phi) is 6.21. The SMILES string of the molecule is O=C(NN(c1ccccc1)c1ccccc1)c1cnc(-n2cccn2)nc1OC(=O)C(F)(F)F. The molecule has 1 N–H and O–H groups in total. The fraction of sp³-hybridized carbons (Fsp3) is 0.0455. The van der Waals surface area contributed by atoms with E-state index in [1.165, 1.54) is 23.5 Å². The highest BCUT2D eigenvalue weighted by atomic mass is 19.4. The summed E-state index contributed by atoms with van der Waals surface area (Å²) >= 11 is 0. The molecule has 0 saturated carbocycles. The van der Waals surface area contributed by atoms with Gasteiger partial charge in [-0.25, -0.2) is 14.5 Å². The van der Waals surface area contributed by atoms with E-state index in [4.69, 9.17) is 0 Å². The monoisotopic (exact) mass is 468 g/mol. The fourth-order valence-corrected chi connectivity index (χ4v) is 2.83. The molecule has 0 aliphatic heterocycles. The Bertz CT molecular complexity index is 1240. The van der Waals surface area contributed by atoms with Crippen molar-refractivity contribution in [2.24, 2.45) is 0 Å². The van der Waals surface area contributed by atoms with Crippen LogP contribution in [0, 0.1) is 0 Å². The van der Waals surface area contributed by atoms with E-state index in [1.54, 1.807) is 60.7 Å². The second-order valence-electron chi connectivity index (χ2n) is 6.67. The molecule has 0 saturated heterocycles. The standard InChI is InChI=1S/C22H15F3N6O3/c23-22(24,25)20(33)34-19-17(14-26-21(28-19)30-13-7-12-27-30)18(32)29-31(15-8-3-1-4-9-15)16-10-5-2-6-11-16/h1-14H,(H,29,32). The molecule has 12 heteroatoms. The summed E-state index contributed by atoms with van der Waals surface area (Å²) in [4.78, 5) is 32.4. The zero-order chi connectivity index (χ0) is 24.1. The number of hydrogen-bond acceptors (Lipinski definition) is 7. The number of carbonyl (C=O) groups excluding carboxylic acids is 2. The second kappa shape index (κ2) is 9.40. The molecular weight excluding hydrogens is 453 g/mol. The van der Waals surface area contributed by atoms with Gasteiger partial charge < -0.3 is 4.74 Å². The summed E-state index contributed by atoms with van der Waals surface area (Å²) in [6.07, 6.45) is -1.53. The molecule has 0 aliphatic carbocycles. The second-order valence-corrected chi connectivity index (χ2v) is 6.67. The number of carbonyl (C=O) groups is 2. The largest absolute Gasteiger partial charge is 0.491 e. The third-order valence-electron chi connectivity index (χ3n) is 4.36. The van der Waals surface area contributed by atoms with Crippen LogP contribution in [0.5, 0.6) is 5.88 Å². The number of rotatable bonds is 6. The number of esters is 1. The van der Waals surface area contributed by atoms with Gasteiger partial charge in [0.1, 0.15) is 5.56 Å². The molecule has 34 heavy (non-hydrogen) atoms. The summed E-state index contributed by atoms with van der Waals surface area (Å²) in [6, 6.07) is 18.9. The predicted molar refractivity (Wildman–Crippen MR) is 113 cm³/mol. The van der Waals surface area contributed by atoms with E-state index in [2.05, 4.69) is 25.2 Å². The number of hydrogen-bond donors (Lipinski definition) is 1. The van der Waals surface area contributed by atoms with E-state index in [9.17, 15) is 22.8 Å². The summed E-state index contributed by atoms with van der Waals surface area (Å²) in [5.74, 6) is -4.52. The molecule has 2 heterocycles. The molecule has 0 atom stereocenters. The highest BCUT2D eigenvalue weighted by Gasteiger charge is 2.42. The van der Waals surface area contributed by atoms with Gasteiger partial charge in [0.25, 0.3) is 11.9 Å². The van der Waals surface area contributed by atoms with Crippen LogP contribution in [0.4, 0.5) is 24.5 Å². The van der Waals surface area contributed by atoms with E-state index < -0.39 is 29.5 Å². The lowest BCUT2D eigenvalue weighted by Gasteiger charge is -2.25. The number of aromatic nitrogens is 4. The van der Waals surface area contributed by atoms with E-state index in [1.807, 2.05) is 0 Å². The lowest BCUT2D eigenvalue weighted by molar-refractivity contribution is -0.190. The maximum atomic E-state index is 13.1. The summed E-state index contributed by atoms with van der Waals surface area (Å²) in [5, 5.41) is 5.29. The predicted octanol–water partition coefficient (Wildman–Crippen LogP) is 3.61. The minimum atomic E-state index is -5.30. The average molecular weight is 468 g/mol. The number of anilines is 2. The molecule has 0 unspecified atom stereocenters. The van der Waals surface area contributed by atoms with Gasteiger partial charge in [-0.05, 0) is 30.3 Å². The number of alkyl halides is 3. The van der Waals surface area contributed by atoms with E-state index in [-0.39, 0.29) is 5.95 Å². The maximum absolute atomic E-state index is 13.1. The Morgan fingerprint density at radius 2 is 1.56 bits per heavy atom. The van der Waals surface area contributed by atoms with Crippen molar-refractivity contribution in [3.8, 4) is 11.8 Å². The van der Waals surface area contributed by atoms with Crippen LogP contribution in [0.3, 0.4) is 0 Å². The van der Waals surface area contributed by atoms with Gasteiger partial charge in [-0.3, -0.25) is 15.2 Å². The normalized spacial score (nSPS) is 11.0. The topological polar surface area (TPSA) is 102 Å². The molecule has 1 amide bonds. The Morgan fingerprint density at radius 1 is 0.941 bits per heavy atom. The van der Waals surface area contributed by atoms with Crippen LogP contribution in [0.2, 0.25) is 0 Å². The molecule has 4 aromatic rings. The Balaban J connectivity index is 1.71.